The van der Waals surface area contributed by atoms with E-state index in [4.69, 9.17) is 16.7 Å². The van der Waals surface area contributed by atoms with Crippen molar-refractivity contribution in [1.82, 2.24) is 0 Å². The summed E-state index contributed by atoms with van der Waals surface area (Å²) in [6.45, 7) is 0. The number of hydrogen-bond donors (Lipinski definition) is 1. The third-order valence-electron chi connectivity index (χ3n) is 2.57. The summed E-state index contributed by atoms with van der Waals surface area (Å²) in [5, 5.41) is 9.43. The lowest BCUT2D eigenvalue weighted by molar-refractivity contribution is 0.0697. The van der Waals surface area contributed by atoms with Gasteiger partial charge in [0.1, 0.15) is 0 Å². The van der Waals surface area contributed by atoms with Gasteiger partial charge in [0.05, 0.1) is 5.56 Å². The highest BCUT2D eigenvalue weighted by Gasteiger charge is 2.07. The number of hydrogen-bond acceptors (Lipinski definition) is 2. The molecule has 18 heavy (non-hydrogen) atoms. The van der Waals surface area contributed by atoms with Crippen LogP contribution in [0.4, 0.5) is 0 Å². The van der Waals surface area contributed by atoms with E-state index in [1.54, 1.807) is 23.9 Å². The molecule has 0 saturated carbocycles. The van der Waals surface area contributed by atoms with Crippen LogP contribution in [0.5, 0.6) is 0 Å². The third-order valence-corrected chi connectivity index (χ3v) is 3.53. The highest BCUT2D eigenvalue weighted by molar-refractivity contribution is 7.98. The molecular weight excluding hydrogens is 268 g/mol. The van der Waals surface area contributed by atoms with Crippen LogP contribution in [-0.2, 0) is 0 Å². The molecule has 2 aromatic carbocycles. The maximum atomic E-state index is 11.0. The van der Waals surface area contributed by atoms with Gasteiger partial charge in [0.25, 0.3) is 0 Å². The molecule has 2 nitrogen and oxygen atoms in total. The summed E-state index contributed by atoms with van der Waals surface area (Å²) in [5.41, 5.74) is 1.97. The van der Waals surface area contributed by atoms with Crippen molar-refractivity contribution in [2.45, 2.75) is 4.90 Å². The lowest BCUT2D eigenvalue weighted by Gasteiger charge is -2.05. The van der Waals surface area contributed by atoms with E-state index in [1.807, 2.05) is 30.5 Å². The lowest BCUT2D eigenvalue weighted by atomic mass is 10.0. The van der Waals surface area contributed by atoms with Crippen molar-refractivity contribution in [1.29, 1.82) is 0 Å². The van der Waals surface area contributed by atoms with Gasteiger partial charge in [0.15, 0.2) is 0 Å². The minimum absolute atomic E-state index is 0.200. The monoisotopic (exact) mass is 278 g/mol. The summed E-state index contributed by atoms with van der Waals surface area (Å²) in [6.07, 6.45) is 2.01. The van der Waals surface area contributed by atoms with Crippen LogP contribution in [0.15, 0.2) is 47.4 Å². The Labute approximate surface area is 115 Å². The Balaban J connectivity index is 2.46. The molecule has 2 aromatic rings. The van der Waals surface area contributed by atoms with Gasteiger partial charge in [-0.15, -0.1) is 11.8 Å². The number of carboxylic acids is 1. The van der Waals surface area contributed by atoms with E-state index >= 15 is 0 Å². The fourth-order valence-corrected chi connectivity index (χ4v) is 2.31. The van der Waals surface area contributed by atoms with E-state index in [0.29, 0.717) is 5.02 Å². The molecule has 0 aliphatic rings. The molecule has 0 radical (unpaired) electrons. The summed E-state index contributed by atoms with van der Waals surface area (Å²) in [7, 11) is 0. The van der Waals surface area contributed by atoms with Crippen molar-refractivity contribution in [3.8, 4) is 11.1 Å². The molecule has 0 fully saturated rings. The van der Waals surface area contributed by atoms with E-state index in [-0.39, 0.29) is 5.56 Å². The van der Waals surface area contributed by atoms with Gasteiger partial charge >= 0.3 is 5.97 Å². The van der Waals surface area contributed by atoms with E-state index in [2.05, 4.69) is 0 Å². The number of benzene rings is 2. The van der Waals surface area contributed by atoms with E-state index in [1.165, 1.54) is 11.0 Å². The lowest BCUT2D eigenvalue weighted by Crippen LogP contribution is -1.96. The van der Waals surface area contributed by atoms with E-state index in [0.717, 1.165) is 11.1 Å². The van der Waals surface area contributed by atoms with E-state index < -0.39 is 5.97 Å². The number of thioether (sulfide) groups is 1. The second kappa shape index (κ2) is 5.46. The molecule has 0 aliphatic heterocycles. The van der Waals surface area contributed by atoms with Gasteiger partial charge in [-0.1, -0.05) is 23.7 Å². The van der Waals surface area contributed by atoms with Gasteiger partial charge in [-0.3, -0.25) is 0 Å². The first-order valence-corrected chi connectivity index (χ1v) is 6.89. The number of halogens is 1. The van der Waals surface area contributed by atoms with Gasteiger partial charge < -0.3 is 5.11 Å². The number of aromatic carboxylic acids is 1. The molecule has 92 valence electrons. The summed E-state index contributed by atoms with van der Waals surface area (Å²) >= 11 is 7.60. The van der Waals surface area contributed by atoms with Crippen molar-refractivity contribution >= 4 is 29.3 Å². The smallest absolute Gasteiger partial charge is 0.335 e. The molecule has 0 amide bonds. The van der Waals surface area contributed by atoms with Crippen LogP contribution in [0.3, 0.4) is 0 Å². The topological polar surface area (TPSA) is 37.3 Å². The highest BCUT2D eigenvalue weighted by Crippen LogP contribution is 2.26. The zero-order chi connectivity index (χ0) is 13.1. The first-order valence-electron chi connectivity index (χ1n) is 5.28. The van der Waals surface area contributed by atoms with Gasteiger partial charge in [-0.2, -0.15) is 0 Å². The Kier molecular flexibility index (Phi) is 3.94. The number of carboxylic acid groups (broad SMARTS) is 1. The molecule has 0 bridgehead atoms. The Bertz CT molecular complexity index is 579. The maximum Gasteiger partial charge on any atom is 0.335 e. The first kappa shape index (κ1) is 13.0. The molecule has 0 heterocycles. The van der Waals surface area contributed by atoms with Gasteiger partial charge in [0, 0.05) is 9.92 Å². The summed E-state index contributed by atoms with van der Waals surface area (Å²) in [5.74, 6) is -0.973. The SMILES string of the molecule is CSc1ccc(-c2cc(Cl)cc(C(=O)O)c2)cc1. The average molecular weight is 279 g/mol. The minimum atomic E-state index is -0.973. The van der Waals surface area contributed by atoms with Crippen molar-refractivity contribution in [2.75, 3.05) is 6.26 Å². The molecule has 1 N–H and O–H groups in total. The average Bonchev–Trinajstić information content (AvgIpc) is 2.38. The van der Waals surface area contributed by atoms with Crippen LogP contribution < -0.4 is 0 Å². The second-order valence-electron chi connectivity index (χ2n) is 3.76. The third kappa shape index (κ3) is 2.86. The molecular formula is C14H11ClO2S. The van der Waals surface area contributed by atoms with Crippen LogP contribution in [0.2, 0.25) is 5.02 Å². The van der Waals surface area contributed by atoms with Crippen molar-refractivity contribution in [3.63, 3.8) is 0 Å². The molecule has 0 aliphatic carbocycles. The largest absolute Gasteiger partial charge is 0.478 e. The normalized spacial score (nSPS) is 10.3. The van der Waals surface area contributed by atoms with Gasteiger partial charge in [-0.25, -0.2) is 4.79 Å². The Hall–Kier alpha value is -1.45. The predicted octanol–water partition coefficient (Wildman–Crippen LogP) is 4.43. The van der Waals surface area contributed by atoms with Gasteiger partial charge in [-0.05, 0) is 47.7 Å². The zero-order valence-electron chi connectivity index (χ0n) is 9.68. The van der Waals surface area contributed by atoms with Crippen LogP contribution in [0, 0.1) is 0 Å². The molecule has 2 rings (SSSR count). The van der Waals surface area contributed by atoms with E-state index in [9.17, 15) is 4.79 Å². The fourth-order valence-electron chi connectivity index (χ4n) is 1.66. The van der Waals surface area contributed by atoms with Crippen LogP contribution in [0.25, 0.3) is 11.1 Å². The summed E-state index contributed by atoms with van der Waals surface area (Å²) in [4.78, 5) is 12.1. The molecule has 0 atom stereocenters. The van der Waals surface area contributed by atoms with Crippen LogP contribution in [0.1, 0.15) is 10.4 Å². The number of carbonyl (C=O) groups is 1. The zero-order valence-corrected chi connectivity index (χ0v) is 11.3. The maximum absolute atomic E-state index is 11.0. The standard InChI is InChI=1S/C14H11ClO2S/c1-18-13-4-2-9(3-5-13)10-6-11(14(16)17)8-12(15)7-10/h2-8H,1H3,(H,16,17). The quantitative estimate of drug-likeness (QED) is 0.844. The van der Waals surface area contributed by atoms with Crippen molar-refractivity contribution in [2.24, 2.45) is 0 Å². The fraction of sp³-hybridized carbons (Fsp3) is 0.0714. The molecule has 4 heteroatoms. The predicted molar refractivity (Wildman–Crippen MR) is 75.6 cm³/mol. The highest BCUT2D eigenvalue weighted by atomic mass is 35.5. The Morgan fingerprint density at radius 2 is 1.78 bits per heavy atom. The molecule has 0 spiro atoms. The Morgan fingerprint density at radius 1 is 1.11 bits per heavy atom. The summed E-state index contributed by atoms with van der Waals surface area (Å²) < 4.78 is 0. The Morgan fingerprint density at radius 3 is 2.33 bits per heavy atom. The first-order chi connectivity index (χ1) is 8.60. The van der Waals surface area contributed by atoms with Crippen LogP contribution in [-0.4, -0.2) is 17.3 Å². The minimum Gasteiger partial charge on any atom is -0.478 e. The second-order valence-corrected chi connectivity index (χ2v) is 5.08. The van der Waals surface area contributed by atoms with Crippen molar-refractivity contribution < 1.29 is 9.90 Å². The van der Waals surface area contributed by atoms with Crippen LogP contribution >= 0.6 is 23.4 Å². The number of rotatable bonds is 3. The molecule has 0 aromatic heterocycles. The summed E-state index contributed by atoms with van der Waals surface area (Å²) in [6, 6.07) is 12.8. The molecule has 0 saturated heterocycles. The van der Waals surface area contributed by atoms with Crippen molar-refractivity contribution in [3.05, 3.63) is 53.1 Å². The molecule has 0 unspecified atom stereocenters. The van der Waals surface area contributed by atoms with Gasteiger partial charge in [0.2, 0.25) is 0 Å².